The molecule has 2 aliphatic rings. The minimum Gasteiger partial charge on any atom is -0.497 e. The van der Waals surface area contributed by atoms with E-state index >= 15 is 0 Å². The van der Waals surface area contributed by atoms with Gasteiger partial charge in [0, 0.05) is 29.8 Å². The number of alkyl halides is 3. The molecule has 1 N–H and O–H groups in total. The van der Waals surface area contributed by atoms with Crippen LogP contribution >= 0.6 is 0 Å². The maximum absolute atomic E-state index is 13.6. The molecule has 0 atom stereocenters. The van der Waals surface area contributed by atoms with Gasteiger partial charge in [-0.05, 0) is 75.3 Å². The fourth-order valence-electron chi connectivity index (χ4n) is 4.90. The Bertz CT molecular complexity index is 1440. The number of aromatic nitrogens is 2. The van der Waals surface area contributed by atoms with Gasteiger partial charge in [-0.2, -0.15) is 23.5 Å². The Balaban J connectivity index is 0.000000470. The fraction of sp³-hybridized carbons (Fsp3) is 0.357. The van der Waals surface area contributed by atoms with Crippen LogP contribution in [0.4, 0.5) is 18.9 Å². The number of nitriles is 1. The summed E-state index contributed by atoms with van der Waals surface area (Å²) in [6, 6.07) is 17.9. The first-order valence-corrected chi connectivity index (χ1v) is 12.4. The minimum absolute atomic E-state index is 0.136. The molecule has 0 bridgehead atoms. The Kier molecular flexibility index (Phi) is 7.88. The van der Waals surface area contributed by atoms with Crippen LogP contribution in [-0.4, -0.2) is 72.1 Å². The Morgan fingerprint density at radius 3 is 2.17 bits per heavy atom. The van der Waals surface area contributed by atoms with Crippen molar-refractivity contribution in [3.8, 4) is 17.5 Å². The number of carbonyl (C=O) groups is 2. The first kappa shape index (κ1) is 28.6. The second-order valence-corrected chi connectivity index (χ2v) is 9.97. The van der Waals surface area contributed by atoms with Gasteiger partial charge in [-0.25, -0.2) is 9.48 Å². The van der Waals surface area contributed by atoms with Crippen LogP contribution < -0.4 is 9.64 Å². The lowest BCUT2D eigenvalue weighted by Gasteiger charge is -2.28. The van der Waals surface area contributed by atoms with Crippen LogP contribution in [0.3, 0.4) is 0 Å². The third kappa shape index (κ3) is 5.79. The molecule has 1 fully saturated rings. The molecule has 0 unspecified atom stereocenters. The number of amides is 1. The Morgan fingerprint density at radius 2 is 1.70 bits per heavy atom. The van der Waals surface area contributed by atoms with Gasteiger partial charge in [0.15, 0.2) is 5.69 Å². The summed E-state index contributed by atoms with van der Waals surface area (Å²) in [5.74, 6) is -2.17. The van der Waals surface area contributed by atoms with Crippen LogP contribution in [-0.2, 0) is 16.6 Å². The number of fused-ring (bicyclic) bond motifs is 1. The van der Waals surface area contributed by atoms with Gasteiger partial charge < -0.3 is 19.6 Å². The summed E-state index contributed by atoms with van der Waals surface area (Å²) in [4.78, 5) is 26.6. The summed E-state index contributed by atoms with van der Waals surface area (Å²) in [6.07, 6.45) is -2.09. The van der Waals surface area contributed by atoms with Crippen molar-refractivity contribution in [3.05, 3.63) is 71.0 Å². The van der Waals surface area contributed by atoms with Crippen molar-refractivity contribution in [3.63, 3.8) is 0 Å². The predicted octanol–water partition coefficient (Wildman–Crippen LogP) is 4.18. The van der Waals surface area contributed by atoms with Crippen LogP contribution in [0.15, 0.2) is 48.5 Å². The number of aliphatic carboxylic acids is 1. The second-order valence-electron chi connectivity index (χ2n) is 9.97. The van der Waals surface area contributed by atoms with E-state index in [1.807, 2.05) is 36.4 Å². The maximum atomic E-state index is 13.6. The lowest BCUT2D eigenvalue weighted by atomic mass is 9.95. The van der Waals surface area contributed by atoms with Crippen LogP contribution in [0.25, 0.3) is 5.69 Å². The average molecular weight is 556 g/mol. The summed E-state index contributed by atoms with van der Waals surface area (Å²) >= 11 is 0. The highest BCUT2D eigenvalue weighted by atomic mass is 19.4. The molecule has 1 aliphatic heterocycles. The number of carbonyl (C=O) groups excluding carboxylic acids is 1. The molecule has 9 nitrogen and oxygen atoms in total. The van der Waals surface area contributed by atoms with E-state index in [0.29, 0.717) is 29.9 Å². The number of anilines is 1. The quantitative estimate of drug-likeness (QED) is 0.486. The zero-order chi connectivity index (χ0) is 29.2. The van der Waals surface area contributed by atoms with Crippen molar-refractivity contribution in [2.75, 3.05) is 39.2 Å². The minimum atomic E-state index is -5.08. The highest BCUT2D eigenvalue weighted by Gasteiger charge is 2.44. The topological polar surface area (TPSA) is 112 Å². The van der Waals surface area contributed by atoms with Crippen molar-refractivity contribution in [2.24, 2.45) is 0 Å². The molecule has 3 aromatic rings. The molecule has 12 heteroatoms. The SMILES string of the molecule is COc1ccc(-n2nc(C#N)c3c2C(=O)N(c2ccc(C4(CN(C)C)CC4)cc2)CC3)cc1.O=C(O)C(F)(F)F. The molecule has 2 heterocycles. The van der Waals surface area contributed by atoms with Gasteiger partial charge in [-0.15, -0.1) is 0 Å². The molecule has 0 radical (unpaired) electrons. The van der Waals surface area contributed by atoms with Gasteiger partial charge in [0.25, 0.3) is 5.91 Å². The van der Waals surface area contributed by atoms with E-state index in [1.54, 1.807) is 16.7 Å². The van der Waals surface area contributed by atoms with E-state index in [2.05, 4.69) is 42.3 Å². The van der Waals surface area contributed by atoms with Gasteiger partial charge in [0.05, 0.1) is 12.8 Å². The Morgan fingerprint density at radius 1 is 1.12 bits per heavy atom. The molecular formula is C28H28F3N5O4. The van der Waals surface area contributed by atoms with Crippen molar-refractivity contribution in [1.82, 2.24) is 14.7 Å². The highest BCUT2D eigenvalue weighted by molar-refractivity contribution is 6.07. The molecule has 1 aromatic heterocycles. The number of nitrogens with zero attached hydrogens (tertiary/aromatic N) is 5. The van der Waals surface area contributed by atoms with Crippen molar-refractivity contribution >= 4 is 17.6 Å². The van der Waals surface area contributed by atoms with E-state index in [-0.39, 0.29) is 11.3 Å². The second kappa shape index (κ2) is 11.0. The van der Waals surface area contributed by atoms with Gasteiger partial charge in [-0.1, -0.05) is 12.1 Å². The number of ether oxygens (including phenoxy) is 1. The Hall–Kier alpha value is -4.37. The standard InChI is InChI=1S/C26H27N5O2.C2HF3O2/c1-29(2)17-26(13-14-26)18-4-6-19(7-5-18)30-15-12-22-23(16-27)28-31(24(22)25(30)32)20-8-10-21(33-3)11-9-20;3-2(4,5)1(6)7/h4-11H,12-15,17H2,1-3H3;(H,6,7). The van der Waals surface area contributed by atoms with E-state index in [0.717, 1.165) is 23.7 Å². The van der Waals surface area contributed by atoms with Crippen LogP contribution in [0.1, 0.15) is 40.2 Å². The predicted molar refractivity (Wildman–Crippen MR) is 140 cm³/mol. The number of benzene rings is 2. The molecule has 1 aliphatic carbocycles. The van der Waals surface area contributed by atoms with Crippen molar-refractivity contribution in [1.29, 1.82) is 5.26 Å². The zero-order valence-electron chi connectivity index (χ0n) is 22.2. The molecule has 210 valence electrons. The van der Waals surface area contributed by atoms with Crippen LogP contribution in [0.2, 0.25) is 0 Å². The number of carboxylic acids is 1. The fourth-order valence-corrected chi connectivity index (χ4v) is 4.90. The van der Waals surface area contributed by atoms with Crippen molar-refractivity contribution in [2.45, 2.75) is 30.9 Å². The lowest BCUT2D eigenvalue weighted by Crippen LogP contribution is -2.38. The number of carboxylic acid groups (broad SMARTS) is 1. The first-order valence-electron chi connectivity index (χ1n) is 12.4. The third-order valence-corrected chi connectivity index (χ3v) is 6.95. The molecule has 0 spiro atoms. The first-order chi connectivity index (χ1) is 18.9. The maximum Gasteiger partial charge on any atom is 0.490 e. The van der Waals surface area contributed by atoms with Gasteiger partial charge >= 0.3 is 12.1 Å². The summed E-state index contributed by atoms with van der Waals surface area (Å²) in [5.41, 5.74) is 4.65. The van der Waals surface area contributed by atoms with Crippen molar-refractivity contribution < 1.29 is 32.6 Å². The molecule has 40 heavy (non-hydrogen) atoms. The molecule has 1 amide bonds. The van der Waals surface area contributed by atoms with E-state index in [4.69, 9.17) is 14.6 Å². The zero-order valence-corrected chi connectivity index (χ0v) is 22.2. The number of halogens is 3. The lowest BCUT2D eigenvalue weighted by molar-refractivity contribution is -0.192. The smallest absolute Gasteiger partial charge is 0.490 e. The summed E-state index contributed by atoms with van der Waals surface area (Å²) in [7, 11) is 5.83. The molecule has 1 saturated carbocycles. The Labute approximate surface area is 229 Å². The van der Waals surface area contributed by atoms with Gasteiger partial charge in [-0.3, -0.25) is 4.79 Å². The highest BCUT2D eigenvalue weighted by Crippen LogP contribution is 2.48. The summed E-state index contributed by atoms with van der Waals surface area (Å²) in [5, 5.41) is 21.2. The number of hydrogen-bond donors (Lipinski definition) is 1. The number of methoxy groups -OCH3 is 1. The van der Waals surface area contributed by atoms with Crippen LogP contribution in [0, 0.1) is 11.3 Å². The number of rotatable bonds is 6. The molecular weight excluding hydrogens is 527 g/mol. The number of likely N-dealkylation sites (N-methyl/N-ethyl adjacent to an activating group) is 1. The molecule has 5 rings (SSSR count). The van der Waals surface area contributed by atoms with E-state index < -0.39 is 12.1 Å². The van der Waals surface area contributed by atoms with E-state index in [9.17, 15) is 23.2 Å². The summed E-state index contributed by atoms with van der Waals surface area (Å²) in [6.45, 7) is 1.56. The van der Waals surface area contributed by atoms with Gasteiger partial charge in [0.1, 0.15) is 17.5 Å². The molecule has 2 aromatic carbocycles. The normalized spacial score (nSPS) is 15.6. The molecule has 0 saturated heterocycles. The summed E-state index contributed by atoms with van der Waals surface area (Å²) < 4.78 is 38.6. The largest absolute Gasteiger partial charge is 0.497 e. The number of hydrogen-bond acceptors (Lipinski definition) is 6. The van der Waals surface area contributed by atoms with Gasteiger partial charge in [0.2, 0.25) is 0 Å². The monoisotopic (exact) mass is 555 g/mol. The average Bonchev–Trinajstić information content (AvgIpc) is 3.59. The van der Waals surface area contributed by atoms with Crippen LogP contribution in [0.5, 0.6) is 5.75 Å². The third-order valence-electron chi connectivity index (χ3n) is 6.95. The van der Waals surface area contributed by atoms with E-state index in [1.165, 1.54) is 18.4 Å².